The lowest BCUT2D eigenvalue weighted by atomic mass is 9.91. The third kappa shape index (κ3) is 7.91. The van der Waals surface area contributed by atoms with Crippen LogP contribution < -0.4 is 21.8 Å². The van der Waals surface area contributed by atoms with Crippen molar-refractivity contribution >= 4 is 19.7 Å². The maximum absolute atomic E-state index is 13.7. The molecule has 1 aromatic heterocycles. The van der Waals surface area contributed by atoms with E-state index in [9.17, 15) is 23.7 Å². The number of carbonyl (C=O) groups is 1. The molecule has 41 heavy (non-hydrogen) atoms. The van der Waals surface area contributed by atoms with Gasteiger partial charge in [0.2, 0.25) is 0 Å². The Labute approximate surface area is 233 Å². The zero-order valence-corrected chi connectivity index (χ0v) is 23.1. The summed E-state index contributed by atoms with van der Waals surface area (Å²) in [6, 6.07) is 7.80. The molecule has 1 aliphatic heterocycles. The molecule has 1 fully saturated rings. The van der Waals surface area contributed by atoms with Gasteiger partial charge in [-0.05, 0) is 32.9 Å². The Kier molecular flexibility index (Phi) is 10.6. The second-order valence-electron chi connectivity index (χ2n) is 8.78. The fraction of sp³-hybridized carbons (Fsp3) is 0.478. The molecule has 1 aliphatic rings. The molecule has 5 N–H and O–H groups in total. The van der Waals surface area contributed by atoms with E-state index in [0.29, 0.717) is 0 Å². The first-order chi connectivity index (χ1) is 19.4. The zero-order chi connectivity index (χ0) is 30.2. The Morgan fingerprint density at radius 2 is 2.05 bits per heavy atom. The number of nitrogens with two attached hydrogens (primary N) is 2. The van der Waals surface area contributed by atoms with Crippen LogP contribution in [-0.2, 0) is 27.9 Å². The highest BCUT2D eigenvalue weighted by Crippen LogP contribution is 2.51. The summed E-state index contributed by atoms with van der Waals surface area (Å²) in [7, 11) is -4.61. The van der Waals surface area contributed by atoms with Gasteiger partial charge in [0.25, 0.3) is 5.95 Å². The molecular formula is C23H29FN7O9P. The Hall–Kier alpha value is -3.78. The molecule has 16 nitrogen and oxygen atoms in total. The molecule has 2 unspecified atom stereocenters. The summed E-state index contributed by atoms with van der Waals surface area (Å²) in [5, 5.41) is 17.4. The second kappa shape index (κ2) is 13.7. The van der Waals surface area contributed by atoms with Crippen molar-refractivity contribution in [2.24, 2.45) is 21.9 Å². The van der Waals surface area contributed by atoms with Gasteiger partial charge in [0.05, 0.1) is 12.7 Å². The summed E-state index contributed by atoms with van der Waals surface area (Å²) >= 11 is 0. The predicted octanol–water partition coefficient (Wildman–Crippen LogP) is 1.08. The molecule has 6 atom stereocenters. The molecule has 3 rings (SSSR count). The van der Waals surface area contributed by atoms with Crippen LogP contribution in [0, 0.1) is 11.8 Å². The highest BCUT2D eigenvalue weighted by atomic mass is 31.2. The van der Waals surface area contributed by atoms with E-state index < -0.39 is 68.9 Å². The molecule has 0 amide bonds. The lowest BCUT2D eigenvalue weighted by Gasteiger charge is -2.27. The van der Waals surface area contributed by atoms with Crippen LogP contribution in [0.2, 0.25) is 0 Å². The van der Waals surface area contributed by atoms with Crippen molar-refractivity contribution in [3.63, 3.8) is 0 Å². The zero-order valence-electron chi connectivity index (χ0n) is 22.2. The van der Waals surface area contributed by atoms with Crippen LogP contribution in [0.5, 0.6) is 5.75 Å². The number of para-hydroxylation sites is 1. The lowest BCUT2D eigenvalue weighted by molar-refractivity contribution is -0.156. The summed E-state index contributed by atoms with van der Waals surface area (Å²) in [6.45, 7) is 2.68. The van der Waals surface area contributed by atoms with Crippen molar-refractivity contribution in [1.82, 2.24) is 14.5 Å². The van der Waals surface area contributed by atoms with Gasteiger partial charge < -0.3 is 30.7 Å². The topological polar surface area (TPSA) is 225 Å². The Balaban J connectivity index is 1.89. The lowest BCUT2D eigenvalue weighted by Crippen LogP contribution is -2.55. The molecule has 0 saturated carbocycles. The van der Waals surface area contributed by atoms with Crippen molar-refractivity contribution in [3.8, 4) is 17.6 Å². The van der Waals surface area contributed by atoms with E-state index in [2.05, 4.69) is 32.1 Å². The number of rotatable bonds is 11. The summed E-state index contributed by atoms with van der Waals surface area (Å²) in [4.78, 5) is 32.3. The molecule has 0 radical (unpaired) electrons. The van der Waals surface area contributed by atoms with Gasteiger partial charge in [0.1, 0.15) is 31.0 Å². The Morgan fingerprint density at radius 3 is 2.66 bits per heavy atom. The van der Waals surface area contributed by atoms with Crippen LogP contribution >= 0.6 is 7.82 Å². The number of esters is 1. The van der Waals surface area contributed by atoms with E-state index >= 15 is 0 Å². The molecule has 2 aromatic rings. The minimum atomic E-state index is -4.61. The number of nitrogens with zero attached hydrogens (tertiary/aromatic N) is 5. The third-order valence-electron chi connectivity index (χ3n) is 5.37. The molecule has 1 saturated heterocycles. The first-order valence-electron chi connectivity index (χ1n) is 12.0. The Morgan fingerprint density at radius 1 is 1.34 bits per heavy atom. The number of aliphatic hydroxyl groups is 1. The fourth-order valence-electron chi connectivity index (χ4n) is 3.57. The monoisotopic (exact) mass is 597 g/mol. The maximum atomic E-state index is 13.7. The number of hydrogen-bond acceptors (Lipinski definition) is 14. The van der Waals surface area contributed by atoms with Crippen LogP contribution in [0.3, 0.4) is 0 Å². The summed E-state index contributed by atoms with van der Waals surface area (Å²) in [5.74, 6) is 8.28. The average Bonchev–Trinajstić information content (AvgIpc) is 3.16. The van der Waals surface area contributed by atoms with Gasteiger partial charge in [0.15, 0.2) is 17.9 Å². The molecule has 0 bridgehead atoms. The van der Waals surface area contributed by atoms with E-state index in [0.717, 1.165) is 10.9 Å². The number of alkyl halides is 1. The van der Waals surface area contributed by atoms with E-state index in [1.807, 2.05) is 0 Å². The largest absolute Gasteiger partial charge is 0.530 e. The van der Waals surface area contributed by atoms with Gasteiger partial charge in [0, 0.05) is 0 Å². The van der Waals surface area contributed by atoms with Gasteiger partial charge in [-0.25, -0.2) is 18.5 Å². The number of aromatic nitrogens is 3. The molecule has 0 aliphatic carbocycles. The van der Waals surface area contributed by atoms with Gasteiger partial charge in [-0.3, -0.25) is 13.6 Å². The summed E-state index contributed by atoms with van der Waals surface area (Å²) in [5.41, 5.74) is 3.23. The number of aliphatic hydroxyl groups excluding tert-OH is 1. The van der Waals surface area contributed by atoms with Crippen LogP contribution in [-0.4, -0.2) is 68.8 Å². The van der Waals surface area contributed by atoms with Crippen molar-refractivity contribution in [3.05, 3.63) is 47.1 Å². The minimum absolute atomic E-state index is 0.0754. The maximum Gasteiger partial charge on any atom is 0.530 e. The van der Waals surface area contributed by atoms with Crippen molar-refractivity contribution in [2.45, 2.75) is 57.0 Å². The molecule has 1 aromatic carbocycles. The van der Waals surface area contributed by atoms with Crippen LogP contribution in [0.25, 0.3) is 0 Å². The molecule has 222 valence electrons. The van der Waals surface area contributed by atoms with Gasteiger partial charge in [-0.1, -0.05) is 40.4 Å². The van der Waals surface area contributed by atoms with E-state index in [4.69, 9.17) is 34.6 Å². The molecule has 0 spiro atoms. The van der Waals surface area contributed by atoms with E-state index in [-0.39, 0.29) is 11.7 Å². The molecule has 18 heteroatoms. The number of phosphoric acid groups is 1. The third-order valence-corrected chi connectivity index (χ3v) is 6.84. The van der Waals surface area contributed by atoms with Gasteiger partial charge >= 0.3 is 19.5 Å². The van der Waals surface area contributed by atoms with Crippen LogP contribution in [0.1, 0.15) is 27.0 Å². The number of carbonyl (C=O) groups excluding carboxylic acids is 1. The minimum Gasteiger partial charge on any atom is -0.461 e. The summed E-state index contributed by atoms with van der Waals surface area (Å²) < 4.78 is 54.5. The average molecular weight is 597 g/mol. The van der Waals surface area contributed by atoms with Crippen LogP contribution in [0.4, 0.5) is 10.3 Å². The van der Waals surface area contributed by atoms with Crippen molar-refractivity contribution < 1.29 is 41.9 Å². The highest BCUT2D eigenvalue weighted by molar-refractivity contribution is 7.49. The van der Waals surface area contributed by atoms with E-state index in [1.54, 1.807) is 32.0 Å². The first-order valence-corrected chi connectivity index (χ1v) is 13.5. The smallest absolute Gasteiger partial charge is 0.461 e. The Bertz CT molecular complexity index is 1400. The number of hydrogen-bond donors (Lipinski definition) is 3. The van der Waals surface area contributed by atoms with Crippen molar-refractivity contribution in [1.29, 1.82) is 0 Å². The standard InChI is InChI=1S/C23H29FN7O9P/c1-14(2)37-19(33)15(3)39-41(35,40-16-8-5-4-6-9-16)36-12-17-18(32)23(25,10-7-11-24)20(38-17)31-13-27-21(29-30-26)28-22(31)34/h4-6,8-9,13-15,17-18,20,32H,11-12,25H2,1-3H3,(H2,26,28,29,34)/t15-,17+,18?,20+,23+,41?/m0/s1. The first kappa shape index (κ1) is 31.7. The SMILES string of the molecule is CC(C)OC(=O)[C@H](C)OP(=O)(OC[C@H]1O[C@@H](n2cnc(N=NN)nc2=O)[C@@](N)(C#CCF)C1O)Oc1ccccc1. The van der Waals surface area contributed by atoms with Crippen molar-refractivity contribution in [2.75, 3.05) is 13.3 Å². The van der Waals surface area contributed by atoms with E-state index in [1.165, 1.54) is 19.1 Å². The molecule has 2 heterocycles. The second-order valence-corrected chi connectivity index (χ2v) is 10.3. The normalized spacial score (nSPS) is 24.4. The fourth-order valence-corrected chi connectivity index (χ4v) is 4.91. The molecular weight excluding hydrogens is 568 g/mol. The van der Waals surface area contributed by atoms with Gasteiger partial charge in [-0.2, -0.15) is 9.97 Å². The summed E-state index contributed by atoms with van der Waals surface area (Å²) in [6.07, 6.45) is -5.67. The highest BCUT2D eigenvalue weighted by Gasteiger charge is 2.55. The predicted molar refractivity (Wildman–Crippen MR) is 138 cm³/mol. The number of halogens is 1. The quantitative estimate of drug-likeness (QED) is 0.0824. The number of phosphoric ester groups is 1. The number of benzene rings is 1. The van der Waals surface area contributed by atoms with Crippen LogP contribution in [0.15, 0.2) is 51.8 Å². The van der Waals surface area contributed by atoms with Gasteiger partial charge in [-0.15, -0.1) is 0 Å². The number of ether oxygens (including phenoxy) is 2.